The summed E-state index contributed by atoms with van der Waals surface area (Å²) in [4.78, 5) is 12.1. The van der Waals surface area contributed by atoms with Gasteiger partial charge in [0, 0.05) is 24.0 Å². The first-order chi connectivity index (χ1) is 9.63. The van der Waals surface area contributed by atoms with Crippen molar-refractivity contribution in [3.63, 3.8) is 0 Å². The van der Waals surface area contributed by atoms with Crippen LogP contribution in [0.4, 0.5) is 21.5 Å². The van der Waals surface area contributed by atoms with Gasteiger partial charge in [0.15, 0.2) is 0 Å². The van der Waals surface area contributed by atoms with Crippen molar-refractivity contribution in [2.24, 2.45) is 0 Å². The van der Waals surface area contributed by atoms with Gasteiger partial charge in [0.05, 0.1) is 4.92 Å². The largest absolute Gasteiger partial charge is 0.341 e. The molecule has 0 saturated heterocycles. The molecule has 0 aliphatic rings. The fourth-order valence-electron chi connectivity index (χ4n) is 2.05. The molecule has 20 heavy (non-hydrogen) atoms. The molecule has 0 aliphatic heterocycles. The van der Waals surface area contributed by atoms with E-state index in [-0.39, 0.29) is 0 Å². The van der Waals surface area contributed by atoms with E-state index in [0.29, 0.717) is 12.2 Å². The summed E-state index contributed by atoms with van der Waals surface area (Å²) >= 11 is 0. The summed E-state index contributed by atoms with van der Waals surface area (Å²) in [6, 6.07) is 13.5. The van der Waals surface area contributed by atoms with E-state index >= 15 is 0 Å². The summed E-state index contributed by atoms with van der Waals surface area (Å²) in [5.41, 5.74) is 1.04. The predicted octanol–water partition coefficient (Wildman–Crippen LogP) is 4.28. The van der Waals surface area contributed by atoms with E-state index in [1.807, 2.05) is 42.2 Å². The van der Waals surface area contributed by atoms with Crippen molar-refractivity contribution in [1.82, 2.24) is 0 Å². The number of halogens is 1. The van der Waals surface area contributed by atoms with Crippen LogP contribution in [0.5, 0.6) is 0 Å². The second-order valence-electron chi connectivity index (χ2n) is 4.38. The number of para-hydroxylation sites is 1. The van der Waals surface area contributed by atoms with E-state index < -0.39 is 16.4 Å². The second kappa shape index (κ2) is 6.14. The lowest BCUT2D eigenvalue weighted by molar-refractivity contribution is -0.387. The molecular formula is C15H15FN2O2. The highest BCUT2D eigenvalue weighted by molar-refractivity contribution is 5.65. The van der Waals surface area contributed by atoms with Gasteiger partial charge in [-0.3, -0.25) is 10.1 Å². The number of rotatable bonds is 5. The van der Waals surface area contributed by atoms with Crippen LogP contribution < -0.4 is 4.90 Å². The maximum atomic E-state index is 13.4. The number of hydrogen-bond acceptors (Lipinski definition) is 3. The Morgan fingerprint density at radius 3 is 2.45 bits per heavy atom. The maximum Gasteiger partial charge on any atom is 0.306 e. The van der Waals surface area contributed by atoms with Gasteiger partial charge in [-0.2, -0.15) is 4.39 Å². The molecule has 0 heterocycles. The Labute approximate surface area is 116 Å². The number of hydrogen-bond donors (Lipinski definition) is 0. The molecule has 2 aromatic carbocycles. The van der Waals surface area contributed by atoms with Crippen molar-refractivity contribution in [1.29, 1.82) is 0 Å². The number of nitro groups is 1. The number of anilines is 2. The molecule has 0 aromatic heterocycles. The van der Waals surface area contributed by atoms with Gasteiger partial charge in [0.25, 0.3) is 0 Å². The van der Waals surface area contributed by atoms with Crippen LogP contribution in [-0.2, 0) is 0 Å². The molecule has 0 fully saturated rings. The minimum absolute atomic E-state index is 0.500. The summed E-state index contributed by atoms with van der Waals surface area (Å²) in [5, 5.41) is 10.8. The lowest BCUT2D eigenvalue weighted by Crippen LogP contribution is -2.17. The molecule has 2 aromatic rings. The van der Waals surface area contributed by atoms with Gasteiger partial charge in [0.2, 0.25) is 5.82 Å². The molecular weight excluding hydrogens is 259 g/mol. The third kappa shape index (κ3) is 2.93. The van der Waals surface area contributed by atoms with Crippen molar-refractivity contribution in [2.75, 3.05) is 11.4 Å². The molecule has 2 rings (SSSR count). The Kier molecular flexibility index (Phi) is 4.30. The molecule has 0 unspecified atom stereocenters. The zero-order valence-corrected chi connectivity index (χ0v) is 11.1. The van der Waals surface area contributed by atoms with Gasteiger partial charge in [0.1, 0.15) is 0 Å². The molecule has 104 valence electrons. The molecule has 0 saturated carbocycles. The van der Waals surface area contributed by atoms with E-state index in [9.17, 15) is 14.5 Å². The molecule has 0 spiro atoms. The first-order valence-corrected chi connectivity index (χ1v) is 6.40. The summed E-state index contributed by atoms with van der Waals surface area (Å²) in [6.45, 7) is 2.72. The minimum atomic E-state index is -0.816. The van der Waals surface area contributed by atoms with Crippen LogP contribution in [0.25, 0.3) is 0 Å². The quantitative estimate of drug-likeness (QED) is 0.603. The van der Waals surface area contributed by atoms with Crippen LogP contribution in [0, 0.1) is 15.9 Å². The van der Waals surface area contributed by atoms with E-state index in [1.54, 1.807) is 6.07 Å². The van der Waals surface area contributed by atoms with E-state index in [4.69, 9.17) is 0 Å². The summed E-state index contributed by atoms with van der Waals surface area (Å²) in [7, 11) is 0. The average Bonchev–Trinajstić information content (AvgIpc) is 2.46. The van der Waals surface area contributed by atoms with Crippen molar-refractivity contribution in [2.45, 2.75) is 13.3 Å². The van der Waals surface area contributed by atoms with Gasteiger partial charge in [-0.05, 0) is 30.7 Å². The van der Waals surface area contributed by atoms with Crippen LogP contribution in [0.15, 0.2) is 48.5 Å². The molecule has 0 radical (unpaired) electrons. The van der Waals surface area contributed by atoms with E-state index in [1.165, 1.54) is 6.07 Å². The van der Waals surface area contributed by atoms with Crippen molar-refractivity contribution >= 4 is 17.1 Å². The van der Waals surface area contributed by atoms with Crippen LogP contribution in [0.3, 0.4) is 0 Å². The fourth-order valence-corrected chi connectivity index (χ4v) is 2.05. The summed E-state index contributed by atoms with van der Waals surface area (Å²) in [5.74, 6) is -0.816. The number of nitro benzene ring substituents is 1. The highest BCUT2D eigenvalue weighted by Crippen LogP contribution is 2.29. The van der Waals surface area contributed by atoms with Gasteiger partial charge < -0.3 is 4.90 Å². The van der Waals surface area contributed by atoms with Crippen molar-refractivity contribution in [3.05, 3.63) is 64.5 Å². The Balaban J connectivity index is 2.45. The third-order valence-corrected chi connectivity index (χ3v) is 2.95. The zero-order valence-electron chi connectivity index (χ0n) is 11.1. The Morgan fingerprint density at radius 2 is 1.85 bits per heavy atom. The summed E-state index contributed by atoms with van der Waals surface area (Å²) < 4.78 is 13.4. The standard InChI is InChI=1S/C15H15FN2O2/c1-2-10-17(12-6-4-3-5-7-12)13-8-9-14(16)15(11-13)18(19)20/h3-9,11H,2,10H2,1H3. The normalized spacial score (nSPS) is 10.3. The first kappa shape index (κ1) is 14.0. The lowest BCUT2D eigenvalue weighted by atomic mass is 10.2. The Bertz CT molecular complexity index is 602. The Morgan fingerprint density at radius 1 is 1.15 bits per heavy atom. The van der Waals surface area contributed by atoms with Crippen LogP contribution in [0.2, 0.25) is 0 Å². The molecule has 0 N–H and O–H groups in total. The highest BCUT2D eigenvalue weighted by atomic mass is 19.1. The van der Waals surface area contributed by atoms with Crippen molar-refractivity contribution in [3.8, 4) is 0 Å². The van der Waals surface area contributed by atoms with Gasteiger partial charge in [-0.15, -0.1) is 0 Å². The van der Waals surface area contributed by atoms with E-state index in [2.05, 4.69) is 0 Å². The molecule has 0 bridgehead atoms. The molecule has 0 amide bonds. The fraction of sp³-hybridized carbons (Fsp3) is 0.200. The summed E-state index contributed by atoms with van der Waals surface area (Å²) in [6.07, 6.45) is 0.875. The number of nitrogens with zero attached hydrogens (tertiary/aromatic N) is 2. The topological polar surface area (TPSA) is 46.4 Å². The monoisotopic (exact) mass is 274 g/mol. The predicted molar refractivity (Wildman–Crippen MR) is 76.8 cm³/mol. The Hall–Kier alpha value is -2.43. The third-order valence-electron chi connectivity index (χ3n) is 2.95. The molecule has 5 heteroatoms. The maximum absolute atomic E-state index is 13.4. The van der Waals surface area contributed by atoms with Gasteiger partial charge in [-0.25, -0.2) is 0 Å². The van der Waals surface area contributed by atoms with Crippen LogP contribution in [-0.4, -0.2) is 11.5 Å². The lowest BCUT2D eigenvalue weighted by Gasteiger charge is -2.24. The van der Waals surface area contributed by atoms with Gasteiger partial charge in [-0.1, -0.05) is 25.1 Å². The first-order valence-electron chi connectivity index (χ1n) is 6.40. The van der Waals surface area contributed by atoms with Crippen LogP contribution in [0.1, 0.15) is 13.3 Å². The van der Waals surface area contributed by atoms with E-state index in [0.717, 1.165) is 18.2 Å². The number of benzene rings is 2. The minimum Gasteiger partial charge on any atom is -0.341 e. The highest BCUT2D eigenvalue weighted by Gasteiger charge is 2.17. The molecule has 0 atom stereocenters. The molecule has 4 nitrogen and oxygen atoms in total. The average molecular weight is 274 g/mol. The zero-order chi connectivity index (χ0) is 14.5. The second-order valence-corrected chi connectivity index (χ2v) is 4.38. The van der Waals surface area contributed by atoms with Gasteiger partial charge >= 0.3 is 5.69 Å². The SMILES string of the molecule is CCCN(c1ccccc1)c1ccc(F)c([N+](=O)[O-])c1. The van der Waals surface area contributed by atoms with Crippen molar-refractivity contribution < 1.29 is 9.31 Å². The smallest absolute Gasteiger partial charge is 0.306 e. The molecule has 0 aliphatic carbocycles. The van der Waals surface area contributed by atoms with Crippen LogP contribution >= 0.6 is 0 Å².